The van der Waals surface area contributed by atoms with Crippen LogP contribution in [-0.4, -0.2) is 23.3 Å². The largest absolute Gasteiger partial charge is 0.300 e. The molecule has 92 valence electrons. The number of hydrogen-bond acceptors (Lipinski definition) is 2. The van der Waals surface area contributed by atoms with Crippen LogP contribution in [0.15, 0.2) is 24.3 Å². The SMILES string of the molecule is CCc1ccccc1CN1CCC(=O)CC1C. The van der Waals surface area contributed by atoms with Crippen LogP contribution >= 0.6 is 0 Å². The lowest BCUT2D eigenvalue weighted by Gasteiger charge is -2.33. The van der Waals surface area contributed by atoms with Crippen molar-refractivity contribution in [3.8, 4) is 0 Å². The maximum atomic E-state index is 11.4. The van der Waals surface area contributed by atoms with Crippen LogP contribution in [0.2, 0.25) is 0 Å². The number of carbonyl (C=O) groups is 1. The Labute approximate surface area is 104 Å². The van der Waals surface area contributed by atoms with Gasteiger partial charge in [0.1, 0.15) is 5.78 Å². The Kier molecular flexibility index (Phi) is 3.95. The summed E-state index contributed by atoms with van der Waals surface area (Å²) in [5.41, 5.74) is 2.84. The van der Waals surface area contributed by atoms with Crippen LogP contribution in [-0.2, 0) is 17.8 Å². The number of benzene rings is 1. The lowest BCUT2D eigenvalue weighted by molar-refractivity contribution is -0.123. The molecular weight excluding hydrogens is 210 g/mol. The Balaban J connectivity index is 2.07. The number of aryl methyl sites for hydroxylation is 1. The number of ketones is 1. The summed E-state index contributed by atoms with van der Waals surface area (Å²) >= 11 is 0. The van der Waals surface area contributed by atoms with Gasteiger partial charge in [-0.05, 0) is 24.5 Å². The molecule has 0 radical (unpaired) electrons. The molecule has 1 heterocycles. The van der Waals surface area contributed by atoms with Crippen LogP contribution < -0.4 is 0 Å². The highest BCUT2D eigenvalue weighted by molar-refractivity contribution is 5.79. The summed E-state index contributed by atoms with van der Waals surface area (Å²) in [7, 11) is 0. The van der Waals surface area contributed by atoms with E-state index in [1.165, 1.54) is 11.1 Å². The van der Waals surface area contributed by atoms with Crippen LogP contribution in [0, 0.1) is 0 Å². The zero-order valence-electron chi connectivity index (χ0n) is 10.8. The summed E-state index contributed by atoms with van der Waals surface area (Å²) in [4.78, 5) is 13.8. The number of piperidine rings is 1. The molecule has 1 aliphatic heterocycles. The molecule has 0 saturated carbocycles. The predicted molar refractivity (Wildman–Crippen MR) is 69.9 cm³/mol. The number of nitrogens with zero attached hydrogens (tertiary/aromatic N) is 1. The highest BCUT2D eigenvalue weighted by Gasteiger charge is 2.23. The van der Waals surface area contributed by atoms with Crippen molar-refractivity contribution in [1.82, 2.24) is 4.90 Å². The Morgan fingerprint density at radius 1 is 1.29 bits per heavy atom. The minimum Gasteiger partial charge on any atom is -0.300 e. The van der Waals surface area contributed by atoms with E-state index in [1.807, 2.05) is 0 Å². The topological polar surface area (TPSA) is 20.3 Å². The summed E-state index contributed by atoms with van der Waals surface area (Å²) in [6.07, 6.45) is 2.52. The fourth-order valence-electron chi connectivity index (χ4n) is 2.56. The van der Waals surface area contributed by atoms with Crippen molar-refractivity contribution in [2.24, 2.45) is 0 Å². The zero-order chi connectivity index (χ0) is 12.3. The Morgan fingerprint density at radius 3 is 2.65 bits per heavy atom. The van der Waals surface area contributed by atoms with Gasteiger partial charge < -0.3 is 0 Å². The van der Waals surface area contributed by atoms with Crippen LogP contribution in [0.5, 0.6) is 0 Å². The highest BCUT2D eigenvalue weighted by atomic mass is 16.1. The van der Waals surface area contributed by atoms with E-state index in [9.17, 15) is 4.79 Å². The van der Waals surface area contributed by atoms with Gasteiger partial charge in [-0.15, -0.1) is 0 Å². The summed E-state index contributed by atoms with van der Waals surface area (Å²) < 4.78 is 0. The van der Waals surface area contributed by atoms with Crippen LogP contribution in [0.1, 0.15) is 37.8 Å². The van der Waals surface area contributed by atoms with Crippen molar-refractivity contribution < 1.29 is 4.79 Å². The minimum absolute atomic E-state index is 0.390. The van der Waals surface area contributed by atoms with Crippen molar-refractivity contribution in [2.45, 2.75) is 45.7 Å². The number of carbonyl (C=O) groups excluding carboxylic acids is 1. The summed E-state index contributed by atoms with van der Waals surface area (Å²) in [5, 5.41) is 0. The second-order valence-electron chi connectivity index (χ2n) is 4.93. The molecule has 1 saturated heterocycles. The summed E-state index contributed by atoms with van der Waals surface area (Å²) in [6, 6.07) is 9.01. The van der Waals surface area contributed by atoms with E-state index in [0.717, 1.165) is 25.9 Å². The molecule has 1 aliphatic rings. The first kappa shape index (κ1) is 12.3. The fraction of sp³-hybridized carbons (Fsp3) is 0.533. The molecule has 0 aromatic heterocycles. The maximum absolute atomic E-state index is 11.4. The van der Waals surface area contributed by atoms with Crippen molar-refractivity contribution in [3.63, 3.8) is 0 Å². The molecule has 0 aliphatic carbocycles. The van der Waals surface area contributed by atoms with Crippen LogP contribution in [0.3, 0.4) is 0 Å². The van der Waals surface area contributed by atoms with Gasteiger partial charge in [-0.3, -0.25) is 9.69 Å². The van der Waals surface area contributed by atoms with Gasteiger partial charge in [0.15, 0.2) is 0 Å². The van der Waals surface area contributed by atoms with Gasteiger partial charge in [0, 0.05) is 32.0 Å². The molecule has 1 aromatic rings. The average Bonchev–Trinajstić information content (AvgIpc) is 2.33. The molecule has 1 unspecified atom stereocenters. The minimum atomic E-state index is 0.390. The molecule has 1 fully saturated rings. The van der Waals surface area contributed by atoms with Crippen molar-refractivity contribution in [1.29, 1.82) is 0 Å². The van der Waals surface area contributed by atoms with E-state index in [0.29, 0.717) is 18.2 Å². The molecule has 2 heteroatoms. The number of Topliss-reactive ketones (excluding diaryl/α,β-unsaturated/α-hetero) is 1. The van der Waals surface area contributed by atoms with Gasteiger partial charge in [0.05, 0.1) is 0 Å². The lowest BCUT2D eigenvalue weighted by atomic mass is 9.99. The second kappa shape index (κ2) is 5.46. The first-order valence-electron chi connectivity index (χ1n) is 6.53. The number of likely N-dealkylation sites (tertiary alicyclic amines) is 1. The lowest BCUT2D eigenvalue weighted by Crippen LogP contribution is -2.40. The smallest absolute Gasteiger partial charge is 0.135 e. The summed E-state index contributed by atoms with van der Waals surface area (Å²) in [5.74, 6) is 0.414. The highest BCUT2D eigenvalue weighted by Crippen LogP contribution is 2.19. The van der Waals surface area contributed by atoms with Crippen molar-refractivity contribution in [2.75, 3.05) is 6.54 Å². The zero-order valence-corrected chi connectivity index (χ0v) is 10.8. The molecule has 0 amide bonds. The van der Waals surface area contributed by atoms with E-state index in [-0.39, 0.29) is 0 Å². The monoisotopic (exact) mass is 231 g/mol. The van der Waals surface area contributed by atoms with E-state index in [2.05, 4.69) is 43.0 Å². The van der Waals surface area contributed by atoms with Crippen molar-refractivity contribution >= 4 is 5.78 Å². The Bertz CT molecular complexity index is 400. The van der Waals surface area contributed by atoms with Gasteiger partial charge >= 0.3 is 0 Å². The third kappa shape index (κ3) is 2.95. The second-order valence-corrected chi connectivity index (χ2v) is 4.93. The van der Waals surface area contributed by atoms with Gasteiger partial charge in [-0.25, -0.2) is 0 Å². The molecule has 1 aromatic carbocycles. The normalized spacial score (nSPS) is 21.8. The first-order chi connectivity index (χ1) is 8.20. The van der Waals surface area contributed by atoms with Gasteiger partial charge in [-0.2, -0.15) is 0 Å². The molecular formula is C15H21NO. The van der Waals surface area contributed by atoms with E-state index >= 15 is 0 Å². The van der Waals surface area contributed by atoms with Gasteiger partial charge in [0.2, 0.25) is 0 Å². The molecule has 17 heavy (non-hydrogen) atoms. The standard InChI is InChI=1S/C15H21NO/c1-3-13-6-4-5-7-14(13)11-16-9-8-15(17)10-12(16)2/h4-7,12H,3,8-11H2,1-2H3. The number of rotatable bonds is 3. The van der Waals surface area contributed by atoms with Crippen LogP contribution in [0.25, 0.3) is 0 Å². The van der Waals surface area contributed by atoms with Gasteiger partial charge in [0.25, 0.3) is 0 Å². The number of hydrogen-bond donors (Lipinski definition) is 0. The first-order valence-corrected chi connectivity index (χ1v) is 6.53. The van der Waals surface area contributed by atoms with E-state index in [4.69, 9.17) is 0 Å². The molecule has 0 spiro atoms. The average molecular weight is 231 g/mol. The molecule has 2 rings (SSSR count). The fourth-order valence-corrected chi connectivity index (χ4v) is 2.56. The quantitative estimate of drug-likeness (QED) is 0.797. The third-order valence-corrected chi connectivity index (χ3v) is 3.70. The molecule has 1 atom stereocenters. The predicted octanol–water partition coefficient (Wildman–Crippen LogP) is 2.80. The Morgan fingerprint density at radius 2 is 2.00 bits per heavy atom. The summed E-state index contributed by atoms with van der Waals surface area (Å²) in [6.45, 7) is 6.25. The van der Waals surface area contributed by atoms with Gasteiger partial charge in [-0.1, -0.05) is 31.2 Å². The molecule has 2 nitrogen and oxygen atoms in total. The Hall–Kier alpha value is -1.15. The van der Waals surface area contributed by atoms with Crippen molar-refractivity contribution in [3.05, 3.63) is 35.4 Å². The maximum Gasteiger partial charge on any atom is 0.135 e. The third-order valence-electron chi connectivity index (χ3n) is 3.70. The van der Waals surface area contributed by atoms with Crippen LogP contribution in [0.4, 0.5) is 0 Å². The van der Waals surface area contributed by atoms with E-state index in [1.54, 1.807) is 0 Å². The van der Waals surface area contributed by atoms with E-state index < -0.39 is 0 Å². The molecule has 0 N–H and O–H groups in total. The molecule has 0 bridgehead atoms.